The van der Waals surface area contributed by atoms with Crippen molar-refractivity contribution < 1.29 is 13.6 Å². The van der Waals surface area contributed by atoms with Crippen molar-refractivity contribution in [3.05, 3.63) is 59.2 Å². The fourth-order valence-electron chi connectivity index (χ4n) is 2.51. The Morgan fingerprint density at radius 2 is 1.95 bits per heavy atom. The second kappa shape index (κ2) is 5.13. The summed E-state index contributed by atoms with van der Waals surface area (Å²) >= 11 is 0. The van der Waals surface area contributed by atoms with Gasteiger partial charge >= 0.3 is 0 Å². The maximum Gasteiger partial charge on any atom is 0.152 e. The van der Waals surface area contributed by atoms with Gasteiger partial charge in [-0.1, -0.05) is 13.0 Å². The van der Waals surface area contributed by atoms with Crippen LogP contribution >= 0.6 is 0 Å². The normalized spacial score (nSPS) is 11.0. The lowest BCUT2D eigenvalue weighted by Crippen LogP contribution is -1.90. The zero-order chi connectivity index (χ0) is 15.0. The van der Waals surface area contributed by atoms with Crippen LogP contribution in [0.3, 0.4) is 0 Å². The van der Waals surface area contributed by atoms with E-state index in [0.717, 1.165) is 29.0 Å². The molecule has 0 atom stereocenters. The van der Waals surface area contributed by atoms with Gasteiger partial charge in [-0.05, 0) is 36.2 Å². The lowest BCUT2D eigenvalue weighted by Gasteiger charge is -2.02. The molecule has 106 valence electrons. The van der Waals surface area contributed by atoms with Crippen molar-refractivity contribution in [1.29, 1.82) is 0 Å². The van der Waals surface area contributed by atoms with Crippen molar-refractivity contribution in [2.24, 2.45) is 0 Å². The molecule has 3 rings (SSSR count). The van der Waals surface area contributed by atoms with Crippen LogP contribution in [0.1, 0.15) is 22.8 Å². The first kappa shape index (κ1) is 13.5. The topological polar surface area (TPSA) is 32.9 Å². The molecule has 0 aliphatic carbocycles. The third kappa shape index (κ3) is 2.23. The number of nitrogens with one attached hydrogen (secondary N) is 1. The van der Waals surface area contributed by atoms with E-state index in [-0.39, 0.29) is 5.56 Å². The summed E-state index contributed by atoms with van der Waals surface area (Å²) < 4.78 is 27.0. The molecule has 4 heteroatoms. The molecule has 0 fully saturated rings. The van der Waals surface area contributed by atoms with Crippen molar-refractivity contribution in [3.63, 3.8) is 0 Å². The highest BCUT2D eigenvalue weighted by atomic mass is 19.1. The number of carbonyl (C=O) groups excluding carboxylic acids is 1. The number of fused-ring (bicyclic) bond motifs is 1. The van der Waals surface area contributed by atoms with Gasteiger partial charge in [-0.2, -0.15) is 0 Å². The number of hydrogen-bond acceptors (Lipinski definition) is 1. The van der Waals surface area contributed by atoms with Crippen LogP contribution in [0.15, 0.2) is 36.4 Å². The van der Waals surface area contributed by atoms with Gasteiger partial charge in [0.25, 0.3) is 0 Å². The molecule has 0 bridgehead atoms. The van der Waals surface area contributed by atoms with E-state index in [1.807, 2.05) is 25.1 Å². The number of hydrogen-bond donors (Lipinski definition) is 1. The van der Waals surface area contributed by atoms with Crippen molar-refractivity contribution in [1.82, 2.24) is 4.98 Å². The number of halogens is 2. The highest BCUT2D eigenvalue weighted by Crippen LogP contribution is 2.31. The molecule has 2 aromatic carbocycles. The Bertz CT molecular complexity index is 836. The van der Waals surface area contributed by atoms with E-state index < -0.39 is 11.6 Å². The molecule has 0 amide bonds. The zero-order valence-electron chi connectivity index (χ0n) is 11.4. The molecule has 21 heavy (non-hydrogen) atoms. The predicted molar refractivity (Wildman–Crippen MR) is 78.4 cm³/mol. The molecule has 0 radical (unpaired) electrons. The summed E-state index contributed by atoms with van der Waals surface area (Å²) in [6.45, 7) is 2.02. The van der Waals surface area contributed by atoms with E-state index in [4.69, 9.17) is 0 Å². The summed E-state index contributed by atoms with van der Waals surface area (Å²) in [6.07, 6.45) is 1.55. The fourth-order valence-corrected chi connectivity index (χ4v) is 2.51. The molecule has 0 saturated carbocycles. The average Bonchev–Trinajstić information content (AvgIpc) is 2.84. The lowest BCUT2D eigenvalue weighted by atomic mass is 10.0. The third-order valence-electron chi connectivity index (χ3n) is 3.63. The van der Waals surface area contributed by atoms with E-state index in [1.165, 1.54) is 12.1 Å². The minimum absolute atomic E-state index is 0.188. The van der Waals surface area contributed by atoms with E-state index >= 15 is 0 Å². The van der Waals surface area contributed by atoms with Crippen LogP contribution in [-0.4, -0.2) is 11.3 Å². The number of carbonyl (C=O) groups is 1. The van der Waals surface area contributed by atoms with Gasteiger partial charge in [0.05, 0.1) is 5.69 Å². The Balaban J connectivity index is 2.29. The first-order valence-electron chi connectivity index (χ1n) is 6.69. The van der Waals surface area contributed by atoms with Crippen LogP contribution in [0.2, 0.25) is 0 Å². The van der Waals surface area contributed by atoms with Crippen LogP contribution in [0.4, 0.5) is 8.78 Å². The molecule has 3 aromatic rings. The Morgan fingerprint density at radius 3 is 2.62 bits per heavy atom. The number of rotatable bonds is 3. The second-order valence-corrected chi connectivity index (χ2v) is 4.89. The van der Waals surface area contributed by atoms with Crippen LogP contribution in [0.5, 0.6) is 0 Å². The molecule has 0 aliphatic rings. The van der Waals surface area contributed by atoms with Gasteiger partial charge in [-0.3, -0.25) is 4.79 Å². The van der Waals surface area contributed by atoms with Gasteiger partial charge in [0.1, 0.15) is 11.6 Å². The van der Waals surface area contributed by atoms with Crippen molar-refractivity contribution in [3.8, 4) is 11.3 Å². The number of aromatic nitrogens is 1. The Morgan fingerprint density at radius 1 is 1.14 bits per heavy atom. The maximum absolute atomic E-state index is 14.0. The summed E-state index contributed by atoms with van der Waals surface area (Å²) in [4.78, 5) is 14.5. The van der Waals surface area contributed by atoms with Crippen LogP contribution in [0.25, 0.3) is 22.2 Å². The summed E-state index contributed by atoms with van der Waals surface area (Å²) in [6, 6.07) is 9.07. The van der Waals surface area contributed by atoms with Crippen molar-refractivity contribution in [2.75, 3.05) is 0 Å². The van der Waals surface area contributed by atoms with Gasteiger partial charge < -0.3 is 4.98 Å². The van der Waals surface area contributed by atoms with E-state index in [1.54, 1.807) is 0 Å². The minimum atomic E-state index is -0.694. The van der Waals surface area contributed by atoms with Gasteiger partial charge in [0.2, 0.25) is 0 Å². The molecule has 1 N–H and O–H groups in total. The van der Waals surface area contributed by atoms with Crippen LogP contribution in [-0.2, 0) is 6.42 Å². The van der Waals surface area contributed by atoms with Crippen molar-refractivity contribution >= 4 is 17.2 Å². The Hall–Kier alpha value is -2.49. The Kier molecular flexibility index (Phi) is 3.29. The number of H-pyrrole nitrogens is 1. The van der Waals surface area contributed by atoms with Crippen LogP contribution < -0.4 is 0 Å². The molecule has 0 aliphatic heterocycles. The highest BCUT2D eigenvalue weighted by molar-refractivity contribution is 6.04. The zero-order valence-corrected chi connectivity index (χ0v) is 11.4. The molecule has 0 saturated heterocycles. The maximum atomic E-state index is 14.0. The van der Waals surface area contributed by atoms with E-state index in [0.29, 0.717) is 17.5 Å². The first-order chi connectivity index (χ1) is 10.1. The van der Waals surface area contributed by atoms with Crippen LogP contribution in [0, 0.1) is 11.6 Å². The minimum Gasteiger partial charge on any atom is -0.354 e. The summed E-state index contributed by atoms with van der Waals surface area (Å²) in [5, 5.41) is 0.753. The Labute approximate surface area is 120 Å². The van der Waals surface area contributed by atoms with Gasteiger partial charge in [-0.15, -0.1) is 0 Å². The molecule has 1 heterocycles. The monoisotopic (exact) mass is 285 g/mol. The lowest BCUT2D eigenvalue weighted by molar-refractivity contribution is 0.112. The smallest absolute Gasteiger partial charge is 0.152 e. The van der Waals surface area contributed by atoms with Gasteiger partial charge in [-0.25, -0.2) is 8.78 Å². The standard InChI is InChI=1S/C17H13F2NO/c1-2-10-3-6-16-13(7-10)14(9-21)17(20-16)12-5-4-11(18)8-15(12)19/h3-9,20H,2H2,1H3. The van der Waals surface area contributed by atoms with E-state index in [9.17, 15) is 13.6 Å². The number of aryl methyl sites for hydroxylation is 1. The van der Waals surface area contributed by atoms with Gasteiger partial charge in [0, 0.05) is 28.1 Å². The molecule has 0 spiro atoms. The average molecular weight is 285 g/mol. The van der Waals surface area contributed by atoms with E-state index in [2.05, 4.69) is 4.98 Å². The predicted octanol–water partition coefficient (Wildman–Crippen LogP) is 4.49. The number of aldehydes is 1. The number of aromatic amines is 1. The molecule has 2 nitrogen and oxygen atoms in total. The molecule has 1 aromatic heterocycles. The second-order valence-electron chi connectivity index (χ2n) is 4.89. The molecule has 0 unspecified atom stereocenters. The highest BCUT2D eigenvalue weighted by Gasteiger charge is 2.16. The quantitative estimate of drug-likeness (QED) is 0.707. The summed E-state index contributed by atoms with van der Waals surface area (Å²) in [5.74, 6) is -1.34. The molecular formula is C17H13F2NO. The SMILES string of the molecule is CCc1ccc2[nH]c(-c3ccc(F)cc3F)c(C=O)c2c1. The first-order valence-corrected chi connectivity index (χ1v) is 6.69. The summed E-state index contributed by atoms with van der Waals surface area (Å²) in [7, 11) is 0. The van der Waals surface area contributed by atoms with Crippen molar-refractivity contribution in [2.45, 2.75) is 13.3 Å². The third-order valence-corrected chi connectivity index (χ3v) is 3.63. The summed E-state index contributed by atoms with van der Waals surface area (Å²) in [5.41, 5.74) is 2.81. The fraction of sp³-hybridized carbons (Fsp3) is 0.118. The van der Waals surface area contributed by atoms with Gasteiger partial charge in [0.15, 0.2) is 6.29 Å². The molecular weight excluding hydrogens is 272 g/mol. The number of benzene rings is 2. The largest absolute Gasteiger partial charge is 0.354 e.